The summed E-state index contributed by atoms with van der Waals surface area (Å²) in [6.45, 7) is 4.68. The van der Waals surface area contributed by atoms with E-state index < -0.39 is 18.0 Å². The molecular formula is C44H49N5O9S. The van der Waals surface area contributed by atoms with Crippen molar-refractivity contribution >= 4 is 62.8 Å². The Morgan fingerprint density at radius 1 is 0.932 bits per heavy atom. The van der Waals surface area contributed by atoms with E-state index in [-0.39, 0.29) is 36.5 Å². The first-order valence-electron chi connectivity index (χ1n) is 19.1. The predicted molar refractivity (Wildman–Crippen MR) is 227 cm³/mol. The lowest BCUT2D eigenvalue weighted by molar-refractivity contribution is -0.157. The van der Waals surface area contributed by atoms with E-state index in [4.69, 9.17) is 24.1 Å². The number of nitrogens with zero attached hydrogens (tertiary/aromatic N) is 3. The minimum Gasteiger partial charge on any atom is -0.497 e. The molecule has 0 spiro atoms. The van der Waals surface area contributed by atoms with Gasteiger partial charge in [-0.3, -0.25) is 24.0 Å². The van der Waals surface area contributed by atoms with Crippen LogP contribution in [0.15, 0.2) is 102 Å². The van der Waals surface area contributed by atoms with Crippen LogP contribution in [-0.2, 0) is 35.1 Å². The summed E-state index contributed by atoms with van der Waals surface area (Å²) in [5.41, 5.74) is 6.73. The Kier molecular flexibility index (Phi) is 16.0. The third kappa shape index (κ3) is 13.2. The standard InChI is InChI=1S/C42H45N5O7S.C2H4O2/c1-28-41(33-11-10-30-6-4-5-7-32(30)25-33)55-27-37(54-40(50)24-29-8-14-34(52-3)15-9-29)42(51)47(28)23-22-46(2)21-20-43-39(49)26-53-35-16-12-31(13-17-35)36-18-19-38(48)45-44-36;1-2(3)4/h4-17,25,37H,18-24,26-27H2,1-3H3,(H,43,49)(H,45,48);1H3,(H,3,4). The molecule has 0 saturated heterocycles. The third-order valence-corrected chi connectivity index (χ3v) is 10.7. The second kappa shape index (κ2) is 21.5. The van der Waals surface area contributed by atoms with E-state index in [0.717, 1.165) is 50.7 Å². The quantitative estimate of drug-likeness (QED) is 0.136. The van der Waals surface area contributed by atoms with Crippen LogP contribution in [0.4, 0.5) is 0 Å². The molecule has 3 amide bonds. The number of carboxylic acid groups (broad SMARTS) is 1. The van der Waals surface area contributed by atoms with Crippen molar-refractivity contribution in [3.8, 4) is 11.5 Å². The minimum absolute atomic E-state index is 0.0340. The number of thioether (sulfide) groups is 1. The van der Waals surface area contributed by atoms with Crippen LogP contribution in [-0.4, -0.2) is 109 Å². The Hall–Kier alpha value is -6.19. The number of nitrogens with one attached hydrogen (secondary N) is 2. The highest BCUT2D eigenvalue weighted by atomic mass is 32.2. The predicted octanol–water partition coefficient (Wildman–Crippen LogP) is 5.10. The SMILES string of the molecule is CC(=O)O.COc1ccc(CC(=O)OC2CSC(c3ccc4ccccc4c3)=C(C)N(CCN(C)CCNC(=O)COc3ccc(C4=NNC(=O)CC4)cc3)C2=O)cc1. The highest BCUT2D eigenvalue weighted by molar-refractivity contribution is 8.08. The zero-order valence-electron chi connectivity index (χ0n) is 33.6. The minimum atomic E-state index is -0.965. The Labute approximate surface area is 347 Å². The van der Waals surface area contributed by atoms with E-state index in [1.165, 1.54) is 11.8 Å². The molecule has 4 aromatic rings. The number of aliphatic carboxylic acids is 1. The van der Waals surface area contributed by atoms with Crippen molar-refractivity contribution in [3.05, 3.63) is 113 Å². The van der Waals surface area contributed by atoms with Gasteiger partial charge in [0.1, 0.15) is 11.5 Å². The van der Waals surface area contributed by atoms with Crippen LogP contribution >= 0.6 is 11.8 Å². The van der Waals surface area contributed by atoms with Gasteiger partial charge >= 0.3 is 5.97 Å². The van der Waals surface area contributed by atoms with Gasteiger partial charge in [-0.15, -0.1) is 11.8 Å². The molecule has 2 heterocycles. The highest BCUT2D eigenvalue weighted by Crippen LogP contribution is 2.37. The number of likely N-dealkylation sites (N-methyl/N-ethyl adjacent to an activating group) is 1. The molecule has 14 nitrogen and oxygen atoms in total. The monoisotopic (exact) mass is 823 g/mol. The average Bonchev–Trinajstić information content (AvgIpc) is 3.34. The van der Waals surface area contributed by atoms with Gasteiger partial charge in [-0.05, 0) is 83.9 Å². The molecule has 4 aromatic carbocycles. The molecule has 310 valence electrons. The van der Waals surface area contributed by atoms with Crippen molar-refractivity contribution in [2.24, 2.45) is 5.10 Å². The summed E-state index contributed by atoms with van der Waals surface area (Å²) in [6, 6.07) is 28.8. The molecule has 0 fully saturated rings. The van der Waals surface area contributed by atoms with Crippen molar-refractivity contribution in [2.45, 2.75) is 39.2 Å². The zero-order chi connectivity index (χ0) is 42.3. The first-order chi connectivity index (χ1) is 28.4. The van der Waals surface area contributed by atoms with E-state index in [9.17, 15) is 19.2 Å². The molecular weight excluding hydrogens is 775 g/mol. The number of carbonyl (C=O) groups excluding carboxylic acids is 4. The average molecular weight is 824 g/mol. The van der Waals surface area contributed by atoms with Crippen LogP contribution in [0.5, 0.6) is 11.5 Å². The van der Waals surface area contributed by atoms with Crippen LogP contribution in [0.1, 0.15) is 43.4 Å². The van der Waals surface area contributed by atoms with Crippen molar-refractivity contribution in [3.63, 3.8) is 0 Å². The molecule has 0 bridgehead atoms. The lowest BCUT2D eigenvalue weighted by Crippen LogP contribution is -2.44. The number of benzene rings is 4. The number of carboxylic acids is 1. The third-order valence-electron chi connectivity index (χ3n) is 9.43. The largest absolute Gasteiger partial charge is 0.497 e. The topological polar surface area (TPSA) is 176 Å². The molecule has 0 radical (unpaired) electrons. The molecule has 0 aliphatic carbocycles. The molecule has 0 saturated carbocycles. The number of ether oxygens (including phenoxy) is 3. The summed E-state index contributed by atoms with van der Waals surface area (Å²) in [6.07, 6.45) is 0.0385. The van der Waals surface area contributed by atoms with Gasteiger partial charge in [-0.1, -0.05) is 48.5 Å². The molecule has 3 N–H and O–H groups in total. The summed E-state index contributed by atoms with van der Waals surface area (Å²) in [7, 11) is 3.51. The summed E-state index contributed by atoms with van der Waals surface area (Å²) in [5, 5.41) is 16.6. The van der Waals surface area contributed by atoms with Crippen molar-refractivity contribution in [1.29, 1.82) is 0 Å². The first-order valence-corrected chi connectivity index (χ1v) is 20.1. The number of carbonyl (C=O) groups is 5. The van der Waals surface area contributed by atoms with Crippen molar-refractivity contribution < 1.29 is 43.3 Å². The van der Waals surface area contributed by atoms with Crippen LogP contribution in [0.3, 0.4) is 0 Å². The highest BCUT2D eigenvalue weighted by Gasteiger charge is 2.34. The smallest absolute Gasteiger partial charge is 0.311 e. The van der Waals surface area contributed by atoms with Crippen LogP contribution in [0.25, 0.3) is 15.7 Å². The molecule has 1 atom stereocenters. The zero-order valence-corrected chi connectivity index (χ0v) is 34.4. The molecule has 1 unspecified atom stereocenters. The lowest BCUT2D eigenvalue weighted by Gasteiger charge is -2.28. The number of hydrogen-bond donors (Lipinski definition) is 3. The van der Waals surface area contributed by atoms with Gasteiger partial charge in [-0.25, -0.2) is 5.43 Å². The number of rotatable bonds is 15. The molecule has 2 aliphatic heterocycles. The van der Waals surface area contributed by atoms with Gasteiger partial charge < -0.3 is 34.4 Å². The van der Waals surface area contributed by atoms with Gasteiger partial charge in [0.05, 0.1) is 19.2 Å². The van der Waals surface area contributed by atoms with E-state index >= 15 is 0 Å². The fraction of sp³-hybridized carbons (Fsp3) is 0.318. The number of esters is 1. The first kappa shape index (κ1) is 43.9. The number of methoxy groups -OCH3 is 1. The maximum atomic E-state index is 14.1. The van der Waals surface area contributed by atoms with Gasteiger partial charge in [0.25, 0.3) is 17.8 Å². The van der Waals surface area contributed by atoms with Crippen LogP contribution in [0, 0.1) is 0 Å². The number of fused-ring (bicyclic) bond motifs is 1. The van der Waals surface area contributed by atoms with E-state index in [0.29, 0.717) is 50.5 Å². The van der Waals surface area contributed by atoms with Gasteiger partial charge in [0, 0.05) is 62.3 Å². The second-order valence-electron chi connectivity index (χ2n) is 13.9. The van der Waals surface area contributed by atoms with Crippen LogP contribution < -0.4 is 20.2 Å². The fourth-order valence-electron chi connectivity index (χ4n) is 6.29. The summed E-state index contributed by atoms with van der Waals surface area (Å²) < 4.78 is 16.8. The number of hydrogen-bond acceptors (Lipinski definition) is 11. The Bertz CT molecular complexity index is 2190. The second-order valence-corrected chi connectivity index (χ2v) is 14.9. The summed E-state index contributed by atoms with van der Waals surface area (Å²) in [4.78, 5) is 64.9. The normalized spacial score (nSPS) is 15.4. The number of hydrazone groups is 1. The summed E-state index contributed by atoms with van der Waals surface area (Å²) in [5.74, 6) is -0.406. The van der Waals surface area contributed by atoms with E-state index in [1.54, 1.807) is 36.3 Å². The Morgan fingerprint density at radius 2 is 1.61 bits per heavy atom. The Morgan fingerprint density at radius 3 is 2.29 bits per heavy atom. The van der Waals surface area contributed by atoms with Crippen molar-refractivity contribution in [2.75, 3.05) is 52.7 Å². The Balaban J connectivity index is 0.00000158. The number of amides is 3. The van der Waals surface area contributed by atoms with Gasteiger partial charge in [-0.2, -0.15) is 5.10 Å². The molecule has 59 heavy (non-hydrogen) atoms. The van der Waals surface area contributed by atoms with Gasteiger partial charge in [0.15, 0.2) is 12.7 Å². The lowest BCUT2D eigenvalue weighted by atomic mass is 10.0. The van der Waals surface area contributed by atoms with E-state index in [2.05, 4.69) is 46.2 Å². The fourth-order valence-corrected chi connectivity index (χ4v) is 7.43. The molecule has 0 aromatic heterocycles. The van der Waals surface area contributed by atoms with Crippen LogP contribution in [0.2, 0.25) is 0 Å². The maximum absolute atomic E-state index is 14.1. The summed E-state index contributed by atoms with van der Waals surface area (Å²) >= 11 is 1.52. The van der Waals surface area contributed by atoms with Gasteiger partial charge in [0.2, 0.25) is 5.91 Å². The maximum Gasteiger partial charge on any atom is 0.311 e. The molecule has 2 aliphatic rings. The molecule has 6 rings (SSSR count). The molecule has 15 heteroatoms. The number of allylic oxidation sites excluding steroid dienone is 1. The van der Waals surface area contributed by atoms with E-state index in [1.807, 2.05) is 55.3 Å². The van der Waals surface area contributed by atoms with Crippen molar-refractivity contribution in [1.82, 2.24) is 20.5 Å².